The molecular formula is C14H18N4O. The van der Waals surface area contributed by atoms with Gasteiger partial charge in [-0.25, -0.2) is 4.98 Å². The fourth-order valence-electron chi connectivity index (χ4n) is 1.96. The lowest BCUT2D eigenvalue weighted by molar-refractivity contribution is 0.316. The molecule has 1 aromatic heterocycles. The first-order chi connectivity index (χ1) is 9.11. The van der Waals surface area contributed by atoms with E-state index in [1.165, 1.54) is 0 Å². The van der Waals surface area contributed by atoms with Crippen molar-refractivity contribution in [3.8, 4) is 0 Å². The highest BCUT2D eigenvalue weighted by Gasteiger charge is 2.13. The molecule has 0 saturated carbocycles. The van der Waals surface area contributed by atoms with Gasteiger partial charge in [0, 0.05) is 24.9 Å². The van der Waals surface area contributed by atoms with Gasteiger partial charge >= 0.3 is 0 Å². The SMILES string of the molecule is CC(C/C(N)=N/O)N(C)c1ccc2ccccc2n1. The summed E-state index contributed by atoms with van der Waals surface area (Å²) in [6, 6.07) is 12.1. The maximum absolute atomic E-state index is 8.61. The van der Waals surface area contributed by atoms with Crippen molar-refractivity contribution in [3.05, 3.63) is 36.4 Å². The monoisotopic (exact) mass is 258 g/mol. The van der Waals surface area contributed by atoms with E-state index in [0.717, 1.165) is 16.7 Å². The molecule has 5 nitrogen and oxygen atoms in total. The second-order valence-corrected chi connectivity index (χ2v) is 4.62. The molecule has 1 aromatic carbocycles. The molecule has 19 heavy (non-hydrogen) atoms. The molecule has 0 spiro atoms. The van der Waals surface area contributed by atoms with Gasteiger partial charge in [0.25, 0.3) is 0 Å². The lowest BCUT2D eigenvalue weighted by Gasteiger charge is -2.25. The summed E-state index contributed by atoms with van der Waals surface area (Å²) in [7, 11) is 1.95. The number of nitrogens with two attached hydrogens (primary N) is 1. The van der Waals surface area contributed by atoms with Crippen LogP contribution in [0.1, 0.15) is 13.3 Å². The van der Waals surface area contributed by atoms with Gasteiger partial charge in [-0.15, -0.1) is 0 Å². The van der Waals surface area contributed by atoms with E-state index >= 15 is 0 Å². The zero-order valence-electron chi connectivity index (χ0n) is 11.1. The average Bonchev–Trinajstić information content (AvgIpc) is 2.45. The highest BCUT2D eigenvalue weighted by molar-refractivity contribution is 5.81. The fraction of sp³-hybridized carbons (Fsp3) is 0.286. The molecule has 0 aliphatic carbocycles. The highest BCUT2D eigenvalue weighted by Crippen LogP contribution is 2.19. The van der Waals surface area contributed by atoms with Crippen LogP contribution < -0.4 is 10.6 Å². The van der Waals surface area contributed by atoms with E-state index in [2.05, 4.69) is 10.1 Å². The van der Waals surface area contributed by atoms with Crippen molar-refractivity contribution in [2.75, 3.05) is 11.9 Å². The van der Waals surface area contributed by atoms with Gasteiger partial charge in [-0.1, -0.05) is 23.4 Å². The predicted molar refractivity (Wildman–Crippen MR) is 77.6 cm³/mol. The number of pyridine rings is 1. The number of amidine groups is 1. The van der Waals surface area contributed by atoms with E-state index in [1.807, 2.05) is 55.3 Å². The molecule has 2 rings (SSSR count). The smallest absolute Gasteiger partial charge is 0.141 e. The molecule has 0 radical (unpaired) electrons. The number of fused-ring (bicyclic) bond motifs is 1. The Balaban J connectivity index is 2.23. The van der Waals surface area contributed by atoms with Crippen molar-refractivity contribution < 1.29 is 5.21 Å². The van der Waals surface area contributed by atoms with Crippen LogP contribution in [-0.2, 0) is 0 Å². The number of oxime groups is 1. The van der Waals surface area contributed by atoms with Crippen LogP contribution >= 0.6 is 0 Å². The minimum atomic E-state index is 0.101. The van der Waals surface area contributed by atoms with Gasteiger partial charge in [-0.3, -0.25) is 0 Å². The Kier molecular flexibility index (Phi) is 3.85. The average molecular weight is 258 g/mol. The van der Waals surface area contributed by atoms with Crippen LogP contribution in [0.15, 0.2) is 41.6 Å². The summed E-state index contributed by atoms with van der Waals surface area (Å²) < 4.78 is 0. The van der Waals surface area contributed by atoms with E-state index in [1.54, 1.807) is 0 Å². The van der Waals surface area contributed by atoms with Crippen LogP contribution in [0.4, 0.5) is 5.82 Å². The number of para-hydroxylation sites is 1. The first kappa shape index (κ1) is 13.1. The largest absolute Gasteiger partial charge is 0.409 e. The van der Waals surface area contributed by atoms with Crippen LogP contribution in [0, 0.1) is 0 Å². The lowest BCUT2D eigenvalue weighted by atomic mass is 10.2. The van der Waals surface area contributed by atoms with Gasteiger partial charge in [-0.05, 0) is 25.1 Å². The number of nitrogens with zero attached hydrogens (tertiary/aromatic N) is 3. The number of benzene rings is 1. The molecule has 5 heteroatoms. The third kappa shape index (κ3) is 2.93. The molecule has 100 valence electrons. The summed E-state index contributed by atoms with van der Waals surface area (Å²) in [5, 5.41) is 12.7. The highest BCUT2D eigenvalue weighted by atomic mass is 16.4. The van der Waals surface area contributed by atoms with Crippen molar-refractivity contribution in [2.45, 2.75) is 19.4 Å². The minimum Gasteiger partial charge on any atom is -0.409 e. The van der Waals surface area contributed by atoms with Crippen molar-refractivity contribution in [1.82, 2.24) is 4.98 Å². The Morgan fingerprint density at radius 3 is 2.84 bits per heavy atom. The van der Waals surface area contributed by atoms with Crippen molar-refractivity contribution in [1.29, 1.82) is 0 Å². The summed E-state index contributed by atoms with van der Waals surface area (Å²) >= 11 is 0. The van der Waals surface area contributed by atoms with Gasteiger partial charge in [0.1, 0.15) is 11.7 Å². The van der Waals surface area contributed by atoms with E-state index in [4.69, 9.17) is 10.9 Å². The summed E-state index contributed by atoms with van der Waals surface area (Å²) in [6.45, 7) is 2.01. The number of hydrogen-bond donors (Lipinski definition) is 2. The van der Waals surface area contributed by atoms with Crippen LogP contribution in [0.3, 0.4) is 0 Å². The second kappa shape index (κ2) is 5.56. The van der Waals surface area contributed by atoms with Crippen molar-refractivity contribution in [3.63, 3.8) is 0 Å². The molecule has 0 saturated heterocycles. The maximum atomic E-state index is 8.61. The zero-order valence-corrected chi connectivity index (χ0v) is 11.1. The second-order valence-electron chi connectivity index (χ2n) is 4.62. The molecule has 0 amide bonds. The summed E-state index contributed by atoms with van der Waals surface area (Å²) in [6.07, 6.45) is 0.488. The van der Waals surface area contributed by atoms with Crippen LogP contribution in [0.5, 0.6) is 0 Å². The van der Waals surface area contributed by atoms with Crippen molar-refractivity contribution >= 4 is 22.6 Å². The fourth-order valence-corrected chi connectivity index (χ4v) is 1.96. The Hall–Kier alpha value is -2.30. The lowest BCUT2D eigenvalue weighted by Crippen LogP contribution is -2.33. The minimum absolute atomic E-state index is 0.101. The number of anilines is 1. The molecule has 0 bridgehead atoms. The number of rotatable bonds is 4. The third-order valence-electron chi connectivity index (χ3n) is 3.24. The van der Waals surface area contributed by atoms with Gasteiger partial charge in [-0.2, -0.15) is 0 Å². The van der Waals surface area contributed by atoms with Crippen molar-refractivity contribution in [2.24, 2.45) is 10.9 Å². The molecular weight excluding hydrogens is 240 g/mol. The molecule has 0 fully saturated rings. The molecule has 0 aliphatic heterocycles. The first-order valence-corrected chi connectivity index (χ1v) is 6.17. The molecule has 0 aliphatic rings. The van der Waals surface area contributed by atoms with E-state index in [9.17, 15) is 0 Å². The molecule has 2 aromatic rings. The van der Waals surface area contributed by atoms with E-state index in [0.29, 0.717) is 6.42 Å². The summed E-state index contributed by atoms with van der Waals surface area (Å²) in [4.78, 5) is 6.63. The Morgan fingerprint density at radius 2 is 2.11 bits per heavy atom. The Bertz CT molecular complexity index is 597. The number of hydrogen-bond acceptors (Lipinski definition) is 4. The van der Waals surface area contributed by atoms with E-state index in [-0.39, 0.29) is 11.9 Å². The van der Waals surface area contributed by atoms with Gasteiger partial charge in [0.05, 0.1) is 5.52 Å². The number of aromatic nitrogens is 1. The molecule has 1 unspecified atom stereocenters. The summed E-state index contributed by atoms with van der Waals surface area (Å²) in [5.74, 6) is 1.09. The van der Waals surface area contributed by atoms with Gasteiger partial charge < -0.3 is 15.8 Å². The zero-order chi connectivity index (χ0) is 13.8. The quantitative estimate of drug-likeness (QED) is 0.381. The van der Waals surface area contributed by atoms with Crippen LogP contribution in [0.25, 0.3) is 10.9 Å². The van der Waals surface area contributed by atoms with Gasteiger partial charge in [0.2, 0.25) is 0 Å². The first-order valence-electron chi connectivity index (χ1n) is 6.17. The standard InChI is InChI=1S/C14H18N4O/c1-10(9-13(15)17-19)18(2)14-8-7-11-5-3-4-6-12(11)16-14/h3-8,10,19H,9H2,1-2H3,(H2,15,17). The van der Waals surface area contributed by atoms with Gasteiger partial charge in [0.15, 0.2) is 0 Å². The molecule has 3 N–H and O–H groups in total. The normalized spacial score (nSPS) is 13.5. The topological polar surface area (TPSA) is 74.7 Å². The molecule has 1 heterocycles. The van der Waals surface area contributed by atoms with Crippen LogP contribution in [0.2, 0.25) is 0 Å². The Labute approximate surface area is 112 Å². The maximum Gasteiger partial charge on any atom is 0.141 e. The Morgan fingerprint density at radius 1 is 1.37 bits per heavy atom. The predicted octanol–water partition coefficient (Wildman–Crippen LogP) is 2.20. The third-order valence-corrected chi connectivity index (χ3v) is 3.24. The molecule has 1 atom stereocenters. The van der Waals surface area contributed by atoms with E-state index < -0.39 is 0 Å². The van der Waals surface area contributed by atoms with Crippen LogP contribution in [-0.4, -0.2) is 29.1 Å². The summed E-state index contributed by atoms with van der Waals surface area (Å²) in [5.41, 5.74) is 6.49.